The minimum absolute atomic E-state index is 0.112. The molecular weight excluding hydrogens is 302 g/mol. The molecule has 2 rings (SSSR count). The van der Waals surface area contributed by atoms with Crippen molar-refractivity contribution in [1.82, 2.24) is 9.97 Å². The van der Waals surface area contributed by atoms with Crippen molar-refractivity contribution in [3.8, 4) is 6.07 Å². The van der Waals surface area contributed by atoms with Gasteiger partial charge in [-0.3, -0.25) is 4.79 Å². The maximum absolute atomic E-state index is 11.6. The third kappa shape index (κ3) is 4.96. The topological polar surface area (TPSA) is 69.5 Å². The Labute approximate surface area is 132 Å². The van der Waals surface area contributed by atoms with Crippen LogP contribution in [-0.2, 0) is 11.5 Å². The molecule has 6 heteroatoms. The van der Waals surface area contributed by atoms with E-state index in [0.29, 0.717) is 16.5 Å². The predicted molar refractivity (Wildman–Crippen MR) is 87.4 cm³/mol. The molecule has 2 aromatic rings. The third-order valence-corrected chi connectivity index (χ3v) is 4.54. The lowest BCUT2D eigenvalue weighted by Gasteiger charge is -2.04. The van der Waals surface area contributed by atoms with E-state index in [1.165, 1.54) is 11.8 Å². The van der Waals surface area contributed by atoms with Gasteiger partial charge in [-0.25, -0.2) is 4.98 Å². The normalized spacial score (nSPS) is 10.3. The molecule has 0 saturated heterocycles. The number of nitriles is 1. The Kier molecular flexibility index (Phi) is 5.90. The van der Waals surface area contributed by atoms with Gasteiger partial charge in [-0.2, -0.15) is 17.0 Å². The standard InChI is InChI=1S/C15H15N3OS2/c1-2-20-10-13-7-14(19)18-15(17-13)21-9-12-5-3-11(8-16)4-6-12/h3-7H,2,9-10H2,1H3,(H,17,18,19). The molecule has 1 N–H and O–H groups in total. The first-order chi connectivity index (χ1) is 10.2. The Balaban J connectivity index is 2.03. The van der Waals surface area contributed by atoms with Gasteiger partial charge in [0, 0.05) is 17.6 Å². The number of aromatic amines is 1. The molecule has 0 amide bonds. The Morgan fingerprint density at radius 3 is 2.71 bits per heavy atom. The number of hydrogen-bond donors (Lipinski definition) is 1. The summed E-state index contributed by atoms with van der Waals surface area (Å²) in [5.74, 6) is 2.46. The second kappa shape index (κ2) is 7.91. The summed E-state index contributed by atoms with van der Waals surface area (Å²) < 4.78 is 0. The van der Waals surface area contributed by atoms with E-state index < -0.39 is 0 Å². The minimum atomic E-state index is -0.112. The summed E-state index contributed by atoms with van der Waals surface area (Å²) in [5.41, 5.74) is 2.44. The van der Waals surface area contributed by atoms with Crippen molar-refractivity contribution in [1.29, 1.82) is 5.26 Å². The van der Waals surface area contributed by atoms with Gasteiger partial charge >= 0.3 is 0 Å². The number of nitrogens with zero attached hydrogens (tertiary/aromatic N) is 2. The molecule has 0 unspecified atom stereocenters. The van der Waals surface area contributed by atoms with Gasteiger partial charge in [0.15, 0.2) is 5.16 Å². The van der Waals surface area contributed by atoms with Crippen molar-refractivity contribution in [3.05, 3.63) is 57.5 Å². The van der Waals surface area contributed by atoms with Gasteiger partial charge in [-0.15, -0.1) is 0 Å². The first-order valence-electron chi connectivity index (χ1n) is 6.51. The van der Waals surface area contributed by atoms with Crippen LogP contribution in [0.25, 0.3) is 0 Å². The fourth-order valence-corrected chi connectivity index (χ4v) is 3.07. The molecule has 0 fully saturated rings. The molecule has 21 heavy (non-hydrogen) atoms. The summed E-state index contributed by atoms with van der Waals surface area (Å²) in [7, 11) is 0. The lowest BCUT2D eigenvalue weighted by atomic mass is 10.2. The van der Waals surface area contributed by atoms with Crippen LogP contribution in [-0.4, -0.2) is 15.7 Å². The van der Waals surface area contributed by atoms with E-state index in [4.69, 9.17) is 5.26 Å². The molecule has 0 aliphatic carbocycles. The first-order valence-corrected chi connectivity index (χ1v) is 8.65. The van der Waals surface area contributed by atoms with E-state index in [-0.39, 0.29) is 5.56 Å². The quantitative estimate of drug-likeness (QED) is 0.654. The van der Waals surface area contributed by atoms with E-state index in [1.807, 2.05) is 12.1 Å². The third-order valence-electron chi connectivity index (χ3n) is 2.69. The average Bonchev–Trinajstić information content (AvgIpc) is 2.51. The number of aromatic nitrogens is 2. The Hall–Kier alpha value is -1.71. The van der Waals surface area contributed by atoms with Gasteiger partial charge in [-0.1, -0.05) is 30.8 Å². The van der Waals surface area contributed by atoms with Crippen molar-refractivity contribution in [2.45, 2.75) is 23.6 Å². The number of thioether (sulfide) groups is 2. The zero-order valence-electron chi connectivity index (χ0n) is 11.6. The molecule has 0 aliphatic rings. The van der Waals surface area contributed by atoms with Gasteiger partial charge in [0.05, 0.1) is 17.3 Å². The zero-order chi connectivity index (χ0) is 15.1. The van der Waals surface area contributed by atoms with E-state index in [0.717, 1.165) is 22.8 Å². The van der Waals surface area contributed by atoms with E-state index >= 15 is 0 Å². The van der Waals surface area contributed by atoms with Crippen LogP contribution >= 0.6 is 23.5 Å². The highest BCUT2D eigenvalue weighted by atomic mass is 32.2. The molecule has 0 spiro atoms. The first kappa shape index (κ1) is 15.7. The van der Waals surface area contributed by atoms with Crippen molar-refractivity contribution in [2.24, 2.45) is 0 Å². The molecule has 0 aliphatic heterocycles. The summed E-state index contributed by atoms with van der Waals surface area (Å²) in [4.78, 5) is 18.8. The number of rotatable bonds is 6. The fraction of sp³-hybridized carbons (Fsp3) is 0.267. The number of H-pyrrole nitrogens is 1. The van der Waals surface area contributed by atoms with Gasteiger partial charge in [0.1, 0.15) is 0 Å². The average molecular weight is 317 g/mol. The van der Waals surface area contributed by atoms with Crippen LogP contribution in [0.15, 0.2) is 40.3 Å². The number of hydrogen-bond acceptors (Lipinski definition) is 5. The SMILES string of the molecule is CCSCc1cc(=O)[nH]c(SCc2ccc(C#N)cc2)n1. The highest BCUT2D eigenvalue weighted by molar-refractivity contribution is 7.98. The molecule has 0 radical (unpaired) electrons. The van der Waals surface area contributed by atoms with Gasteiger partial charge in [-0.05, 0) is 23.4 Å². The van der Waals surface area contributed by atoms with Crippen LogP contribution in [0, 0.1) is 11.3 Å². The van der Waals surface area contributed by atoms with Gasteiger partial charge in [0.25, 0.3) is 5.56 Å². The van der Waals surface area contributed by atoms with Gasteiger partial charge in [0.2, 0.25) is 0 Å². The lowest BCUT2D eigenvalue weighted by molar-refractivity contribution is 0.899. The second-order valence-electron chi connectivity index (χ2n) is 4.28. The molecule has 1 aromatic heterocycles. The zero-order valence-corrected chi connectivity index (χ0v) is 13.3. The monoisotopic (exact) mass is 317 g/mol. The van der Waals surface area contributed by atoms with Crippen LogP contribution in [0.2, 0.25) is 0 Å². The highest BCUT2D eigenvalue weighted by Gasteiger charge is 2.03. The molecule has 4 nitrogen and oxygen atoms in total. The van der Waals surface area contributed by atoms with E-state index in [1.54, 1.807) is 30.0 Å². The highest BCUT2D eigenvalue weighted by Crippen LogP contribution is 2.19. The Morgan fingerprint density at radius 1 is 1.29 bits per heavy atom. The van der Waals surface area contributed by atoms with Crippen LogP contribution in [0.1, 0.15) is 23.7 Å². The Bertz CT molecular complexity index is 689. The van der Waals surface area contributed by atoms with Crippen LogP contribution < -0.4 is 5.56 Å². The summed E-state index contributed by atoms with van der Waals surface area (Å²) in [5, 5.41) is 9.40. The summed E-state index contributed by atoms with van der Waals surface area (Å²) >= 11 is 3.23. The number of benzene rings is 1. The summed E-state index contributed by atoms with van der Waals surface area (Å²) in [6, 6.07) is 11.1. The lowest BCUT2D eigenvalue weighted by Crippen LogP contribution is -2.09. The largest absolute Gasteiger partial charge is 0.301 e. The van der Waals surface area contributed by atoms with Crippen LogP contribution in [0.3, 0.4) is 0 Å². The minimum Gasteiger partial charge on any atom is -0.301 e. The summed E-state index contributed by atoms with van der Waals surface area (Å²) in [6.45, 7) is 2.08. The van der Waals surface area contributed by atoms with Crippen molar-refractivity contribution in [2.75, 3.05) is 5.75 Å². The number of nitrogens with one attached hydrogen (secondary N) is 1. The molecule has 0 atom stereocenters. The molecule has 1 aromatic carbocycles. The van der Waals surface area contributed by atoms with Crippen LogP contribution in [0.4, 0.5) is 0 Å². The molecule has 1 heterocycles. The second-order valence-corrected chi connectivity index (χ2v) is 6.51. The molecule has 108 valence electrons. The maximum Gasteiger partial charge on any atom is 0.251 e. The van der Waals surface area contributed by atoms with Crippen molar-refractivity contribution < 1.29 is 0 Å². The van der Waals surface area contributed by atoms with Crippen molar-refractivity contribution >= 4 is 23.5 Å². The molecule has 0 bridgehead atoms. The summed E-state index contributed by atoms with van der Waals surface area (Å²) in [6.07, 6.45) is 0. The fourth-order valence-electron chi connectivity index (χ4n) is 1.66. The maximum atomic E-state index is 11.6. The smallest absolute Gasteiger partial charge is 0.251 e. The van der Waals surface area contributed by atoms with Crippen molar-refractivity contribution in [3.63, 3.8) is 0 Å². The molecular formula is C15H15N3OS2. The van der Waals surface area contributed by atoms with E-state index in [9.17, 15) is 4.79 Å². The predicted octanol–water partition coefficient (Wildman–Crippen LogP) is 3.19. The van der Waals surface area contributed by atoms with Crippen LogP contribution in [0.5, 0.6) is 0 Å². The Morgan fingerprint density at radius 2 is 2.05 bits per heavy atom. The molecule has 0 saturated carbocycles. The van der Waals surface area contributed by atoms with E-state index in [2.05, 4.69) is 23.0 Å². The van der Waals surface area contributed by atoms with Gasteiger partial charge < -0.3 is 4.98 Å².